The van der Waals surface area contributed by atoms with Gasteiger partial charge >= 0.3 is 0 Å². The van der Waals surface area contributed by atoms with Crippen molar-refractivity contribution < 1.29 is 13.2 Å². The van der Waals surface area contributed by atoms with E-state index in [1.165, 1.54) is 11.4 Å². The van der Waals surface area contributed by atoms with Gasteiger partial charge in [0.2, 0.25) is 10.0 Å². The molecule has 0 aliphatic rings. The van der Waals surface area contributed by atoms with E-state index < -0.39 is 10.0 Å². The first-order chi connectivity index (χ1) is 10.9. The third-order valence-corrected chi connectivity index (χ3v) is 5.31. The molecule has 0 aliphatic heterocycles. The Morgan fingerprint density at radius 2 is 1.70 bits per heavy atom. The predicted octanol–water partition coefficient (Wildman–Crippen LogP) is 2.54. The maximum atomic E-state index is 12.3. The molecule has 2 aromatic carbocycles. The number of nitrogens with one attached hydrogen (secondary N) is 1. The van der Waals surface area contributed by atoms with E-state index in [9.17, 15) is 13.2 Å². The lowest BCUT2D eigenvalue weighted by Crippen LogP contribution is -2.35. The first kappa shape index (κ1) is 17.3. The Kier molecular flexibility index (Phi) is 5.63. The predicted molar refractivity (Wildman–Crippen MR) is 92.4 cm³/mol. The zero-order valence-corrected chi connectivity index (χ0v) is 14.1. The highest BCUT2D eigenvalue weighted by Gasteiger charge is 2.18. The van der Waals surface area contributed by atoms with Crippen LogP contribution < -0.4 is 9.62 Å². The number of hydrogen-bond acceptors (Lipinski definition) is 3. The zero-order chi connectivity index (χ0) is 16.9. The number of hydrogen-bond donors (Lipinski definition) is 1. The summed E-state index contributed by atoms with van der Waals surface area (Å²) in [5.41, 5.74) is 1.01. The van der Waals surface area contributed by atoms with Crippen LogP contribution in [0.15, 0.2) is 54.6 Å². The molecule has 1 N–H and O–H groups in total. The number of anilines is 1. The number of rotatable bonds is 6. The van der Waals surface area contributed by atoms with Crippen LogP contribution in [-0.2, 0) is 10.0 Å². The number of carbonyl (C=O) groups is 1. The van der Waals surface area contributed by atoms with Crippen molar-refractivity contribution >= 4 is 33.2 Å². The van der Waals surface area contributed by atoms with E-state index >= 15 is 0 Å². The van der Waals surface area contributed by atoms with E-state index in [1.54, 1.807) is 48.5 Å². The second kappa shape index (κ2) is 7.48. The van der Waals surface area contributed by atoms with Crippen LogP contribution in [0.3, 0.4) is 0 Å². The third kappa shape index (κ3) is 4.71. The van der Waals surface area contributed by atoms with Gasteiger partial charge in [0.1, 0.15) is 0 Å². The van der Waals surface area contributed by atoms with Crippen molar-refractivity contribution in [2.24, 2.45) is 0 Å². The minimum absolute atomic E-state index is 0.0287. The Hall–Kier alpha value is -2.05. The van der Waals surface area contributed by atoms with Gasteiger partial charge in [0.05, 0.1) is 11.4 Å². The number of sulfonamides is 1. The van der Waals surface area contributed by atoms with Crippen molar-refractivity contribution in [3.63, 3.8) is 0 Å². The molecule has 5 nitrogen and oxygen atoms in total. The fourth-order valence-electron chi connectivity index (χ4n) is 1.93. The van der Waals surface area contributed by atoms with E-state index in [0.29, 0.717) is 16.3 Å². The average molecular weight is 353 g/mol. The van der Waals surface area contributed by atoms with Gasteiger partial charge in [-0.2, -0.15) is 0 Å². The Balaban J connectivity index is 1.92. The van der Waals surface area contributed by atoms with Crippen molar-refractivity contribution in [1.82, 2.24) is 5.32 Å². The minimum Gasteiger partial charge on any atom is -0.351 e. The standard InChI is InChI=1S/C16H17ClN2O3S/c1-19(15-5-3-2-4-6-15)23(21,22)12-11-18-16(20)13-7-9-14(17)10-8-13/h2-10H,11-12H2,1H3,(H,18,20). The van der Waals surface area contributed by atoms with Gasteiger partial charge in [-0.1, -0.05) is 29.8 Å². The topological polar surface area (TPSA) is 66.5 Å². The Morgan fingerprint density at radius 1 is 1.09 bits per heavy atom. The molecule has 0 saturated carbocycles. The van der Waals surface area contributed by atoms with Crippen LogP contribution in [0.2, 0.25) is 5.02 Å². The Labute approximate surface area is 140 Å². The van der Waals surface area contributed by atoms with Crippen molar-refractivity contribution in [3.05, 3.63) is 65.2 Å². The highest BCUT2D eigenvalue weighted by molar-refractivity contribution is 7.92. The zero-order valence-electron chi connectivity index (χ0n) is 12.6. The van der Waals surface area contributed by atoms with Crippen LogP contribution in [0.4, 0.5) is 5.69 Å². The largest absolute Gasteiger partial charge is 0.351 e. The summed E-state index contributed by atoms with van der Waals surface area (Å²) in [6, 6.07) is 15.2. The second-order valence-corrected chi connectivity index (χ2v) is 7.44. The first-order valence-corrected chi connectivity index (χ1v) is 8.94. The lowest BCUT2D eigenvalue weighted by atomic mass is 10.2. The molecule has 1 amide bonds. The summed E-state index contributed by atoms with van der Waals surface area (Å²) in [6.07, 6.45) is 0. The normalized spacial score (nSPS) is 11.0. The monoisotopic (exact) mass is 352 g/mol. The molecular formula is C16H17ClN2O3S. The van der Waals surface area contributed by atoms with Crippen LogP contribution in [-0.4, -0.2) is 33.7 Å². The van der Waals surface area contributed by atoms with Gasteiger partial charge in [-0.25, -0.2) is 8.42 Å². The van der Waals surface area contributed by atoms with E-state index in [4.69, 9.17) is 11.6 Å². The summed E-state index contributed by atoms with van der Waals surface area (Å²) in [5.74, 6) is -0.517. The minimum atomic E-state index is -3.50. The molecule has 23 heavy (non-hydrogen) atoms. The molecular weight excluding hydrogens is 336 g/mol. The molecule has 0 bridgehead atoms. The fraction of sp³-hybridized carbons (Fsp3) is 0.188. The SMILES string of the molecule is CN(c1ccccc1)S(=O)(=O)CCNC(=O)c1ccc(Cl)cc1. The average Bonchev–Trinajstić information content (AvgIpc) is 2.55. The highest BCUT2D eigenvalue weighted by Crippen LogP contribution is 2.15. The molecule has 0 saturated heterocycles. The molecule has 0 radical (unpaired) electrons. The van der Waals surface area contributed by atoms with Crippen LogP contribution in [0, 0.1) is 0 Å². The molecule has 0 aliphatic carbocycles. The second-order valence-electron chi connectivity index (χ2n) is 4.88. The van der Waals surface area contributed by atoms with Crippen molar-refractivity contribution in [2.75, 3.05) is 23.7 Å². The van der Waals surface area contributed by atoms with Gasteiger partial charge in [-0.05, 0) is 36.4 Å². The number of amides is 1. The third-order valence-electron chi connectivity index (χ3n) is 3.29. The van der Waals surface area contributed by atoms with E-state index in [2.05, 4.69) is 5.32 Å². The molecule has 0 spiro atoms. The lowest BCUT2D eigenvalue weighted by molar-refractivity contribution is 0.0956. The molecule has 0 atom stereocenters. The van der Waals surface area contributed by atoms with Gasteiger partial charge in [0.25, 0.3) is 5.91 Å². The quantitative estimate of drug-likeness (QED) is 0.868. The summed E-state index contributed by atoms with van der Waals surface area (Å²) < 4.78 is 25.7. The molecule has 0 fully saturated rings. The van der Waals surface area contributed by atoms with Gasteiger partial charge in [0.15, 0.2) is 0 Å². The number of para-hydroxylation sites is 1. The molecule has 122 valence electrons. The van der Waals surface area contributed by atoms with Gasteiger partial charge in [0, 0.05) is 24.2 Å². The van der Waals surface area contributed by atoms with Gasteiger partial charge in [-0.15, -0.1) is 0 Å². The maximum Gasteiger partial charge on any atom is 0.251 e. The molecule has 2 rings (SSSR count). The number of nitrogens with zero attached hydrogens (tertiary/aromatic N) is 1. The summed E-state index contributed by atoms with van der Waals surface area (Å²) in [7, 11) is -2.01. The summed E-state index contributed by atoms with van der Waals surface area (Å²) in [6.45, 7) is 0.0287. The highest BCUT2D eigenvalue weighted by atomic mass is 35.5. The smallest absolute Gasteiger partial charge is 0.251 e. The van der Waals surface area contributed by atoms with E-state index in [1.807, 2.05) is 6.07 Å². The molecule has 7 heteroatoms. The molecule has 0 aromatic heterocycles. The van der Waals surface area contributed by atoms with Crippen molar-refractivity contribution in [3.8, 4) is 0 Å². The Morgan fingerprint density at radius 3 is 2.30 bits per heavy atom. The number of halogens is 1. The van der Waals surface area contributed by atoms with Crippen LogP contribution in [0.5, 0.6) is 0 Å². The van der Waals surface area contributed by atoms with Crippen LogP contribution >= 0.6 is 11.6 Å². The van der Waals surface area contributed by atoms with Gasteiger partial charge < -0.3 is 5.32 Å². The Bertz CT molecular complexity index is 762. The molecule has 0 heterocycles. The fourth-order valence-corrected chi connectivity index (χ4v) is 3.14. The van der Waals surface area contributed by atoms with Crippen molar-refractivity contribution in [2.45, 2.75) is 0 Å². The van der Waals surface area contributed by atoms with Gasteiger partial charge in [-0.3, -0.25) is 9.10 Å². The number of carbonyl (C=O) groups excluding carboxylic acids is 1. The molecule has 0 unspecified atom stereocenters. The van der Waals surface area contributed by atoms with Crippen LogP contribution in [0.25, 0.3) is 0 Å². The maximum absolute atomic E-state index is 12.3. The lowest BCUT2D eigenvalue weighted by Gasteiger charge is -2.19. The summed E-state index contributed by atoms with van der Waals surface area (Å²) in [4.78, 5) is 11.9. The summed E-state index contributed by atoms with van der Waals surface area (Å²) in [5, 5.41) is 3.13. The van der Waals surface area contributed by atoms with Crippen LogP contribution in [0.1, 0.15) is 10.4 Å². The van der Waals surface area contributed by atoms with E-state index in [0.717, 1.165) is 0 Å². The first-order valence-electron chi connectivity index (χ1n) is 6.95. The van der Waals surface area contributed by atoms with E-state index in [-0.39, 0.29) is 18.2 Å². The summed E-state index contributed by atoms with van der Waals surface area (Å²) >= 11 is 5.76. The number of benzene rings is 2. The van der Waals surface area contributed by atoms with Crippen molar-refractivity contribution in [1.29, 1.82) is 0 Å². The molecule has 2 aromatic rings.